The third-order valence-corrected chi connectivity index (χ3v) is 9.55. The molecule has 0 saturated heterocycles. The minimum atomic E-state index is -1.31. The molecule has 0 bridgehead atoms. The van der Waals surface area contributed by atoms with E-state index < -0.39 is 102 Å². The summed E-state index contributed by atoms with van der Waals surface area (Å²) in [6.07, 6.45) is 2.61. The summed E-state index contributed by atoms with van der Waals surface area (Å²) in [5.41, 5.74) is 32.7. The van der Waals surface area contributed by atoms with E-state index in [-0.39, 0.29) is 63.5 Å². The van der Waals surface area contributed by atoms with Gasteiger partial charge in [0.2, 0.25) is 41.4 Å². The molecule has 0 spiro atoms. The molecule has 0 unspecified atom stereocenters. The smallest absolute Gasteiger partial charge is 0.326 e. The van der Waals surface area contributed by atoms with Gasteiger partial charge in [0.25, 0.3) is 0 Å². The number of hydrogen-bond acceptors (Lipinski definition) is 12. The molecule has 0 fully saturated rings. The number of nitrogens with two attached hydrogens (primary N) is 6. The highest BCUT2D eigenvalue weighted by Gasteiger charge is 2.33. The topological polar surface area (TPSA) is 410 Å². The lowest BCUT2D eigenvalue weighted by molar-refractivity contribution is -0.143. The average Bonchev–Trinajstić information content (AvgIpc) is 3.16. The minimum Gasteiger partial charge on any atom is -0.480 e. The molecule has 24 heteroatoms. The number of aliphatic carboxylic acids is 1. The molecule has 0 aliphatic carbocycles. The van der Waals surface area contributed by atoms with Crippen LogP contribution in [0.3, 0.4) is 0 Å². The zero-order chi connectivity index (χ0) is 45.2. The van der Waals surface area contributed by atoms with Gasteiger partial charge in [-0.2, -0.15) is 11.8 Å². The standard InChI is InChI=1S/C35H66N14O9S/c1-6-19(4)27(32(56)47-23(33(57)58)10-8-15-43-35(40)41)49-29(53)21(9-7-14-42-34(38)39)45-25(51)17-44-31(55)26(18(2)3)48-30(54)22(11-12-24(37)50)46-28(52)20(36)13-16-59-5/h18-23,26-27H,6-17,36H2,1-5H3,(H2,37,50)(H,44,55)(H,45,51)(H,46,52)(H,47,56)(H,48,54)(H,49,53)(H,57,58)(H4,38,39,42)(H4,40,41,43)/t19-,20-,21-,22-,23-,26-,27-/m0/s1. The van der Waals surface area contributed by atoms with Crippen LogP contribution in [0.4, 0.5) is 0 Å². The van der Waals surface area contributed by atoms with Gasteiger partial charge in [0.1, 0.15) is 30.2 Å². The molecular formula is C35H66N14O9S. The molecule has 7 atom stereocenters. The van der Waals surface area contributed by atoms with Crippen molar-refractivity contribution in [2.75, 3.05) is 31.6 Å². The number of thioether (sulfide) groups is 1. The van der Waals surface area contributed by atoms with E-state index in [1.165, 1.54) is 11.8 Å². The van der Waals surface area contributed by atoms with Crippen molar-refractivity contribution in [1.29, 1.82) is 0 Å². The summed E-state index contributed by atoms with van der Waals surface area (Å²) in [7, 11) is 0. The molecule has 59 heavy (non-hydrogen) atoms. The maximum absolute atomic E-state index is 13.7. The molecule has 0 aromatic heterocycles. The maximum Gasteiger partial charge on any atom is 0.326 e. The first kappa shape index (κ1) is 53.6. The fraction of sp³-hybridized carbons (Fsp3) is 0.714. The van der Waals surface area contributed by atoms with Crippen LogP contribution in [0.5, 0.6) is 0 Å². The number of amides is 7. The van der Waals surface area contributed by atoms with Crippen molar-refractivity contribution in [3.63, 3.8) is 0 Å². The van der Waals surface area contributed by atoms with Crippen molar-refractivity contribution in [3.8, 4) is 0 Å². The Morgan fingerprint density at radius 1 is 0.644 bits per heavy atom. The Kier molecular flexibility index (Phi) is 26.3. The van der Waals surface area contributed by atoms with Crippen molar-refractivity contribution in [2.45, 2.75) is 115 Å². The first-order valence-corrected chi connectivity index (χ1v) is 20.7. The van der Waals surface area contributed by atoms with E-state index in [1.807, 2.05) is 6.26 Å². The number of carboxylic acid groups (broad SMARTS) is 1. The van der Waals surface area contributed by atoms with Gasteiger partial charge in [-0.1, -0.05) is 34.1 Å². The lowest BCUT2D eigenvalue weighted by atomic mass is 9.97. The Morgan fingerprint density at radius 2 is 1.15 bits per heavy atom. The summed E-state index contributed by atoms with van der Waals surface area (Å²) in [5, 5.41) is 24.9. The predicted octanol–water partition coefficient (Wildman–Crippen LogP) is -4.23. The van der Waals surface area contributed by atoms with Crippen molar-refractivity contribution >= 4 is 71.0 Å². The van der Waals surface area contributed by atoms with Crippen LogP contribution in [0.2, 0.25) is 0 Å². The molecule has 336 valence electrons. The number of primary amides is 1. The highest BCUT2D eigenvalue weighted by molar-refractivity contribution is 7.98. The van der Waals surface area contributed by atoms with Gasteiger partial charge in [-0.15, -0.1) is 0 Å². The van der Waals surface area contributed by atoms with Crippen LogP contribution < -0.4 is 66.3 Å². The number of carboxylic acids is 1. The van der Waals surface area contributed by atoms with E-state index in [4.69, 9.17) is 34.4 Å². The largest absolute Gasteiger partial charge is 0.480 e. The lowest BCUT2D eigenvalue weighted by Crippen LogP contribution is -2.59. The number of nitrogens with one attached hydrogen (secondary N) is 6. The molecule has 23 nitrogen and oxygen atoms in total. The molecule has 0 aliphatic heterocycles. The Hall–Kier alpha value is -5.39. The molecule has 0 rings (SSSR count). The molecule has 0 heterocycles. The van der Waals surface area contributed by atoms with Crippen LogP contribution in [-0.2, 0) is 38.4 Å². The second kappa shape index (κ2) is 28.9. The highest BCUT2D eigenvalue weighted by Crippen LogP contribution is 2.12. The van der Waals surface area contributed by atoms with Crippen LogP contribution in [0.25, 0.3) is 0 Å². The molecule has 0 radical (unpaired) electrons. The number of carbonyl (C=O) groups is 8. The van der Waals surface area contributed by atoms with Crippen LogP contribution in [-0.4, -0.2) is 132 Å². The third-order valence-electron chi connectivity index (χ3n) is 8.90. The summed E-state index contributed by atoms with van der Waals surface area (Å²) in [4.78, 5) is 111. The summed E-state index contributed by atoms with van der Waals surface area (Å²) in [6, 6.07) is -7.16. The van der Waals surface area contributed by atoms with Gasteiger partial charge < -0.3 is 71.4 Å². The number of hydrogen-bond donors (Lipinski definition) is 13. The zero-order valence-corrected chi connectivity index (χ0v) is 35.4. The fourth-order valence-corrected chi connectivity index (χ4v) is 5.76. The van der Waals surface area contributed by atoms with Crippen molar-refractivity contribution in [3.05, 3.63) is 0 Å². The van der Waals surface area contributed by atoms with Crippen LogP contribution in [0.1, 0.15) is 79.1 Å². The zero-order valence-electron chi connectivity index (χ0n) is 34.6. The van der Waals surface area contributed by atoms with Gasteiger partial charge in [-0.3, -0.25) is 43.5 Å². The first-order chi connectivity index (χ1) is 27.6. The number of rotatable bonds is 30. The molecule has 0 aliphatic rings. The SMILES string of the molecule is CC[C@H](C)[C@H](NC(=O)[C@H](CCCN=C(N)N)NC(=O)CNC(=O)[C@@H](NC(=O)[C@H](CCC(N)=O)NC(=O)[C@@H](N)CCSC)C(C)C)C(=O)N[C@@H](CCCN=C(N)N)C(=O)O. The van der Waals surface area contributed by atoms with Gasteiger partial charge >= 0.3 is 5.97 Å². The second-order valence-corrected chi connectivity index (χ2v) is 15.2. The minimum absolute atomic E-state index is 0.00476. The summed E-state index contributed by atoms with van der Waals surface area (Å²) < 4.78 is 0. The normalized spacial score (nSPS) is 14.4. The van der Waals surface area contributed by atoms with Crippen molar-refractivity contribution < 1.29 is 43.5 Å². The number of guanidine groups is 2. The number of aliphatic imine (C=N–C) groups is 2. The lowest BCUT2D eigenvalue weighted by Gasteiger charge is -2.28. The summed E-state index contributed by atoms with van der Waals surface area (Å²) >= 11 is 1.48. The first-order valence-electron chi connectivity index (χ1n) is 19.3. The van der Waals surface area contributed by atoms with Crippen molar-refractivity contribution in [2.24, 2.45) is 56.2 Å². The van der Waals surface area contributed by atoms with Gasteiger partial charge in [0.05, 0.1) is 12.6 Å². The van der Waals surface area contributed by atoms with E-state index in [0.29, 0.717) is 18.6 Å². The molecule has 0 aromatic carbocycles. The average molecular weight is 859 g/mol. The molecular weight excluding hydrogens is 793 g/mol. The van der Waals surface area contributed by atoms with E-state index in [2.05, 4.69) is 41.9 Å². The molecule has 7 amide bonds. The number of carbonyl (C=O) groups excluding carboxylic acids is 7. The Balaban J connectivity index is 5.99. The van der Waals surface area contributed by atoms with Crippen LogP contribution in [0.15, 0.2) is 9.98 Å². The third kappa shape index (κ3) is 23.0. The Bertz CT molecular complexity index is 1470. The van der Waals surface area contributed by atoms with Crippen LogP contribution in [0, 0.1) is 11.8 Å². The summed E-state index contributed by atoms with van der Waals surface area (Å²) in [6.45, 7) is 6.30. The molecule has 0 saturated carbocycles. The summed E-state index contributed by atoms with van der Waals surface area (Å²) in [5.74, 6) is -7.32. The van der Waals surface area contributed by atoms with Gasteiger partial charge in [0.15, 0.2) is 11.9 Å². The highest BCUT2D eigenvalue weighted by atomic mass is 32.2. The van der Waals surface area contributed by atoms with Gasteiger partial charge in [0, 0.05) is 19.5 Å². The van der Waals surface area contributed by atoms with E-state index in [9.17, 15) is 43.5 Å². The quantitative estimate of drug-likeness (QED) is 0.0185. The maximum atomic E-state index is 13.7. The monoisotopic (exact) mass is 858 g/mol. The van der Waals surface area contributed by atoms with E-state index in [1.54, 1.807) is 27.7 Å². The fourth-order valence-electron chi connectivity index (χ4n) is 5.27. The van der Waals surface area contributed by atoms with E-state index in [0.717, 1.165) is 0 Å². The predicted molar refractivity (Wildman–Crippen MR) is 224 cm³/mol. The number of nitrogens with zero attached hydrogens (tertiary/aromatic N) is 2. The van der Waals surface area contributed by atoms with Gasteiger partial charge in [-0.25, -0.2) is 4.79 Å². The van der Waals surface area contributed by atoms with Crippen molar-refractivity contribution in [1.82, 2.24) is 31.9 Å². The Morgan fingerprint density at radius 3 is 1.63 bits per heavy atom. The molecule has 19 N–H and O–H groups in total. The van der Waals surface area contributed by atoms with E-state index >= 15 is 0 Å². The second-order valence-electron chi connectivity index (χ2n) is 14.2. The Labute approximate surface area is 348 Å². The van der Waals surface area contributed by atoms with Gasteiger partial charge in [-0.05, 0) is 62.4 Å². The molecule has 0 aromatic rings. The van der Waals surface area contributed by atoms with Crippen LogP contribution >= 0.6 is 11.8 Å².